The molecule has 0 fully saturated rings. The molecule has 0 rings (SSSR count). The van der Waals surface area contributed by atoms with E-state index >= 15 is 0 Å². The second-order valence-electron chi connectivity index (χ2n) is 21.5. The minimum atomic E-state index is -0.671. The highest BCUT2D eigenvalue weighted by molar-refractivity contribution is 5.73. The monoisotopic (exact) mass is 919 g/mol. The summed E-state index contributed by atoms with van der Waals surface area (Å²) in [5, 5.41) is 10.5. The summed E-state index contributed by atoms with van der Waals surface area (Å²) >= 11 is 0. The van der Waals surface area contributed by atoms with Crippen LogP contribution in [0.25, 0.3) is 0 Å². The zero-order valence-electron chi connectivity index (χ0n) is 45.3. The average Bonchev–Trinajstić information content (AvgIpc) is 3.30. The Morgan fingerprint density at radius 1 is 0.338 bits per heavy atom. The van der Waals surface area contributed by atoms with Crippen molar-refractivity contribution >= 4 is 5.97 Å². The fourth-order valence-electron chi connectivity index (χ4n) is 10.5. The van der Waals surface area contributed by atoms with Gasteiger partial charge in [0.15, 0.2) is 6.04 Å². The standard InChI is InChI=1S/C60H123N3O2/c1-4-7-10-13-16-19-22-25-28-31-34-37-40-43-46-51-56-63(62-59(60(64)65)54-49-50-55-61,57-52-47-44-41-38-35-32-29-26-23-20-17-14-11-8-5-2)58-53-48-45-42-39-36-33-30-27-24-21-18-15-12-9-6-3/h59,62H,4-58,61H2,1-3H3/p+1/t59-/m0/s1. The maximum Gasteiger partial charge on any atom is 0.326 e. The van der Waals surface area contributed by atoms with E-state index in [0.717, 1.165) is 37.1 Å². The molecule has 0 aromatic rings. The van der Waals surface area contributed by atoms with Crippen LogP contribution >= 0.6 is 0 Å². The van der Waals surface area contributed by atoms with Crippen molar-refractivity contribution in [3.63, 3.8) is 0 Å². The van der Waals surface area contributed by atoms with E-state index in [4.69, 9.17) is 5.73 Å². The normalized spacial score (nSPS) is 12.4. The molecule has 390 valence electrons. The number of carboxylic acid groups (broad SMARTS) is 1. The minimum absolute atomic E-state index is 0.482. The molecule has 5 heteroatoms. The van der Waals surface area contributed by atoms with Crippen LogP contribution in [0.1, 0.15) is 348 Å². The van der Waals surface area contributed by atoms with Crippen molar-refractivity contribution in [2.24, 2.45) is 5.73 Å². The molecule has 0 spiro atoms. The smallest absolute Gasteiger partial charge is 0.326 e. The number of quaternary nitrogens is 1. The third-order valence-corrected chi connectivity index (χ3v) is 15.0. The van der Waals surface area contributed by atoms with E-state index in [1.54, 1.807) is 0 Å². The molecule has 0 heterocycles. The van der Waals surface area contributed by atoms with Gasteiger partial charge in [-0.2, -0.15) is 5.43 Å². The summed E-state index contributed by atoms with van der Waals surface area (Å²) < 4.78 is 0.815. The number of nitrogens with zero attached hydrogens (tertiary/aromatic N) is 1. The topological polar surface area (TPSA) is 75.3 Å². The van der Waals surface area contributed by atoms with E-state index in [0.29, 0.717) is 13.0 Å². The number of hydrogen-bond donors (Lipinski definition) is 3. The Bertz CT molecular complexity index is 809. The summed E-state index contributed by atoms with van der Waals surface area (Å²) in [4.78, 5) is 12.7. The molecular weight excluding hydrogens is 795 g/mol. The number of carbonyl (C=O) groups is 1. The van der Waals surface area contributed by atoms with Crippen LogP contribution < -0.4 is 11.2 Å². The summed E-state index contributed by atoms with van der Waals surface area (Å²) in [6, 6.07) is -0.482. The molecule has 0 aromatic carbocycles. The van der Waals surface area contributed by atoms with Crippen molar-refractivity contribution in [3.05, 3.63) is 0 Å². The molecule has 0 aliphatic carbocycles. The molecular formula is C60H124N3O2+. The quantitative estimate of drug-likeness (QED) is 0.0323. The van der Waals surface area contributed by atoms with Gasteiger partial charge < -0.3 is 10.8 Å². The molecule has 0 bridgehead atoms. The van der Waals surface area contributed by atoms with E-state index < -0.39 is 12.0 Å². The second kappa shape index (κ2) is 54.3. The first-order valence-corrected chi connectivity index (χ1v) is 30.6. The number of hydrogen-bond acceptors (Lipinski definition) is 3. The van der Waals surface area contributed by atoms with Crippen LogP contribution in [0.3, 0.4) is 0 Å². The first-order valence-electron chi connectivity index (χ1n) is 30.6. The maximum atomic E-state index is 12.7. The molecule has 4 N–H and O–H groups in total. The molecule has 0 aromatic heterocycles. The predicted molar refractivity (Wildman–Crippen MR) is 291 cm³/mol. The van der Waals surface area contributed by atoms with Gasteiger partial charge in [-0.15, -0.1) is 0 Å². The molecule has 0 aliphatic heterocycles. The summed E-state index contributed by atoms with van der Waals surface area (Å²) in [6.07, 6.45) is 69.1. The van der Waals surface area contributed by atoms with Gasteiger partial charge in [-0.1, -0.05) is 290 Å². The van der Waals surface area contributed by atoms with E-state index in [2.05, 4.69) is 26.2 Å². The van der Waals surface area contributed by atoms with Gasteiger partial charge in [-0.3, -0.25) is 4.79 Å². The molecule has 0 radical (unpaired) electrons. The SMILES string of the molecule is CCCCCCCCCCCCCCCCCC[N+](CCCCCCCCCCCCCCCCCC)(CCCCCCCCCCCCCCCCCC)N[C@@H](CCCCN)C(=O)O. The van der Waals surface area contributed by atoms with Gasteiger partial charge in [0.2, 0.25) is 0 Å². The molecule has 65 heavy (non-hydrogen) atoms. The number of aliphatic carboxylic acids is 1. The summed E-state index contributed by atoms with van der Waals surface area (Å²) in [6.45, 7) is 10.8. The lowest BCUT2D eigenvalue weighted by Gasteiger charge is -2.40. The third-order valence-electron chi connectivity index (χ3n) is 15.0. The van der Waals surface area contributed by atoms with Gasteiger partial charge in [0.1, 0.15) is 0 Å². The lowest BCUT2D eigenvalue weighted by molar-refractivity contribution is -0.972. The highest BCUT2D eigenvalue weighted by Gasteiger charge is 2.33. The fraction of sp³-hybridized carbons (Fsp3) is 0.983. The number of nitrogens with one attached hydrogen (secondary N) is 1. The summed E-state index contributed by atoms with van der Waals surface area (Å²) in [7, 11) is 0. The van der Waals surface area contributed by atoms with Crippen LogP contribution in [0, 0.1) is 0 Å². The van der Waals surface area contributed by atoms with Crippen LogP contribution in [-0.2, 0) is 4.79 Å². The molecule has 5 nitrogen and oxygen atoms in total. The van der Waals surface area contributed by atoms with Crippen molar-refractivity contribution < 1.29 is 14.5 Å². The van der Waals surface area contributed by atoms with E-state index in [1.807, 2.05) is 0 Å². The van der Waals surface area contributed by atoms with Crippen molar-refractivity contribution in [2.75, 3.05) is 26.2 Å². The molecule has 0 unspecified atom stereocenters. The largest absolute Gasteiger partial charge is 0.480 e. The predicted octanol–water partition coefficient (Wildman–Crippen LogP) is 19.7. The first-order chi connectivity index (χ1) is 32.0. The zero-order chi connectivity index (χ0) is 47.3. The van der Waals surface area contributed by atoms with Crippen molar-refractivity contribution in [1.29, 1.82) is 0 Å². The molecule has 0 saturated heterocycles. The summed E-state index contributed by atoms with van der Waals surface area (Å²) in [5.74, 6) is -0.671. The Morgan fingerprint density at radius 2 is 0.538 bits per heavy atom. The fourth-order valence-corrected chi connectivity index (χ4v) is 10.5. The highest BCUT2D eigenvalue weighted by atomic mass is 16.4. The Hall–Kier alpha value is -0.650. The van der Waals surface area contributed by atoms with Crippen LogP contribution in [-0.4, -0.2) is 47.9 Å². The number of unbranched alkanes of at least 4 members (excludes halogenated alkanes) is 46. The van der Waals surface area contributed by atoms with E-state index in [1.165, 1.54) is 308 Å². The lowest BCUT2D eigenvalue weighted by atomic mass is 10.0. The van der Waals surface area contributed by atoms with Crippen LogP contribution in [0.15, 0.2) is 0 Å². The molecule has 0 saturated carbocycles. The van der Waals surface area contributed by atoms with Crippen molar-refractivity contribution in [1.82, 2.24) is 5.43 Å². The molecule has 0 amide bonds. The second-order valence-corrected chi connectivity index (χ2v) is 21.5. The average molecular weight is 920 g/mol. The Kier molecular flexibility index (Phi) is 53.8. The number of nitrogens with two attached hydrogens (primary N) is 1. The van der Waals surface area contributed by atoms with Crippen LogP contribution in [0.2, 0.25) is 0 Å². The summed E-state index contributed by atoms with van der Waals surface area (Å²) in [5.41, 5.74) is 9.75. The van der Waals surface area contributed by atoms with Crippen molar-refractivity contribution in [3.8, 4) is 0 Å². The lowest BCUT2D eigenvalue weighted by Crippen LogP contribution is -2.64. The molecule has 1 atom stereocenters. The Morgan fingerprint density at radius 3 is 0.723 bits per heavy atom. The van der Waals surface area contributed by atoms with E-state index in [-0.39, 0.29) is 0 Å². The van der Waals surface area contributed by atoms with Crippen molar-refractivity contribution in [2.45, 2.75) is 354 Å². The Labute approximate surface area is 410 Å². The number of carboxylic acids is 1. The van der Waals surface area contributed by atoms with Gasteiger partial charge in [0.05, 0.1) is 19.6 Å². The maximum absolute atomic E-state index is 12.7. The minimum Gasteiger partial charge on any atom is -0.480 e. The van der Waals surface area contributed by atoms with Crippen LogP contribution in [0.5, 0.6) is 0 Å². The van der Waals surface area contributed by atoms with Gasteiger partial charge in [-0.25, -0.2) is 4.59 Å². The Balaban J connectivity index is 4.97. The number of rotatable bonds is 58. The van der Waals surface area contributed by atoms with Gasteiger partial charge in [0, 0.05) is 0 Å². The van der Waals surface area contributed by atoms with E-state index in [9.17, 15) is 9.90 Å². The first kappa shape index (κ1) is 64.3. The highest BCUT2D eigenvalue weighted by Crippen LogP contribution is 2.21. The third kappa shape index (κ3) is 48.2. The molecule has 0 aliphatic rings. The van der Waals surface area contributed by atoms with Gasteiger partial charge in [0.25, 0.3) is 0 Å². The van der Waals surface area contributed by atoms with Gasteiger partial charge in [-0.05, 0) is 64.3 Å². The van der Waals surface area contributed by atoms with Crippen LogP contribution in [0.4, 0.5) is 0 Å². The zero-order valence-corrected chi connectivity index (χ0v) is 45.3. The van der Waals surface area contributed by atoms with Gasteiger partial charge >= 0.3 is 5.97 Å².